The van der Waals surface area contributed by atoms with Gasteiger partial charge in [0.1, 0.15) is 0 Å². The van der Waals surface area contributed by atoms with Crippen molar-refractivity contribution in [2.45, 2.75) is 44.3 Å². The third-order valence-electron chi connectivity index (χ3n) is 4.17. The van der Waals surface area contributed by atoms with E-state index in [-0.39, 0.29) is 12.5 Å². The standard InChI is InChI=1S/C12H16F3NO3/c13-12(14,15)11(19)16-5-1-2-7-6-8(10(17)18)3-4-9(7)16/h7-9H,1-6H2,(H,17,18). The lowest BCUT2D eigenvalue weighted by molar-refractivity contribution is -0.191. The summed E-state index contributed by atoms with van der Waals surface area (Å²) >= 11 is 0. The number of carbonyl (C=O) groups is 2. The van der Waals surface area contributed by atoms with Crippen molar-refractivity contribution < 1.29 is 27.9 Å². The molecule has 0 bridgehead atoms. The second-order valence-electron chi connectivity index (χ2n) is 5.31. The highest BCUT2D eigenvalue weighted by molar-refractivity contribution is 5.82. The van der Waals surface area contributed by atoms with E-state index in [0.717, 1.165) is 4.90 Å². The first-order valence-corrected chi connectivity index (χ1v) is 6.41. The molecule has 108 valence electrons. The van der Waals surface area contributed by atoms with Crippen LogP contribution in [0, 0.1) is 11.8 Å². The van der Waals surface area contributed by atoms with Crippen LogP contribution in [0.4, 0.5) is 13.2 Å². The Morgan fingerprint density at radius 1 is 1.16 bits per heavy atom. The van der Waals surface area contributed by atoms with E-state index in [1.54, 1.807) is 0 Å². The number of likely N-dealkylation sites (tertiary alicyclic amines) is 1. The summed E-state index contributed by atoms with van der Waals surface area (Å²) in [4.78, 5) is 23.2. The van der Waals surface area contributed by atoms with E-state index in [1.165, 1.54) is 0 Å². The molecule has 0 spiro atoms. The lowest BCUT2D eigenvalue weighted by atomic mass is 9.73. The monoisotopic (exact) mass is 279 g/mol. The summed E-state index contributed by atoms with van der Waals surface area (Å²) in [6.45, 7) is 0.122. The molecule has 2 rings (SSSR count). The van der Waals surface area contributed by atoms with Crippen LogP contribution in [0.3, 0.4) is 0 Å². The van der Waals surface area contributed by atoms with Crippen molar-refractivity contribution in [3.05, 3.63) is 0 Å². The maximum absolute atomic E-state index is 12.5. The number of alkyl halides is 3. The number of hydrogen-bond donors (Lipinski definition) is 1. The smallest absolute Gasteiger partial charge is 0.471 e. The number of amides is 1. The molecule has 2 aliphatic rings. The number of piperidine rings is 1. The van der Waals surface area contributed by atoms with Crippen LogP contribution in [0.25, 0.3) is 0 Å². The van der Waals surface area contributed by atoms with Crippen molar-refractivity contribution in [1.82, 2.24) is 4.90 Å². The lowest BCUT2D eigenvalue weighted by Crippen LogP contribution is -2.54. The number of hydrogen-bond acceptors (Lipinski definition) is 2. The van der Waals surface area contributed by atoms with Crippen LogP contribution >= 0.6 is 0 Å². The average molecular weight is 279 g/mol. The van der Waals surface area contributed by atoms with Gasteiger partial charge >= 0.3 is 18.1 Å². The van der Waals surface area contributed by atoms with Gasteiger partial charge in [0.25, 0.3) is 0 Å². The predicted molar refractivity (Wildman–Crippen MR) is 59.3 cm³/mol. The second kappa shape index (κ2) is 5.02. The van der Waals surface area contributed by atoms with Gasteiger partial charge < -0.3 is 10.0 Å². The van der Waals surface area contributed by atoms with Gasteiger partial charge in [-0.1, -0.05) is 0 Å². The fraction of sp³-hybridized carbons (Fsp3) is 0.833. The molecule has 0 aromatic heterocycles. The Balaban J connectivity index is 2.09. The van der Waals surface area contributed by atoms with E-state index >= 15 is 0 Å². The number of aliphatic carboxylic acids is 1. The first-order chi connectivity index (χ1) is 8.80. The molecule has 0 aromatic carbocycles. The van der Waals surface area contributed by atoms with Crippen LogP contribution in [0.15, 0.2) is 0 Å². The zero-order chi connectivity index (χ0) is 14.2. The minimum absolute atomic E-state index is 0.116. The molecule has 1 amide bonds. The fourth-order valence-electron chi connectivity index (χ4n) is 3.30. The van der Waals surface area contributed by atoms with Crippen LogP contribution in [0.5, 0.6) is 0 Å². The zero-order valence-corrected chi connectivity index (χ0v) is 10.3. The van der Waals surface area contributed by atoms with Gasteiger partial charge in [-0.15, -0.1) is 0 Å². The van der Waals surface area contributed by atoms with E-state index in [1.807, 2.05) is 0 Å². The molecule has 4 nitrogen and oxygen atoms in total. The Morgan fingerprint density at radius 3 is 2.42 bits per heavy atom. The number of rotatable bonds is 1. The van der Waals surface area contributed by atoms with Crippen molar-refractivity contribution >= 4 is 11.9 Å². The van der Waals surface area contributed by atoms with Crippen molar-refractivity contribution in [2.24, 2.45) is 11.8 Å². The Labute approximate surface area is 108 Å². The molecule has 7 heteroatoms. The highest BCUT2D eigenvalue weighted by atomic mass is 19.4. The summed E-state index contributed by atoms with van der Waals surface area (Å²) in [5.41, 5.74) is 0. The van der Waals surface area contributed by atoms with Crippen molar-refractivity contribution in [2.75, 3.05) is 6.54 Å². The fourth-order valence-corrected chi connectivity index (χ4v) is 3.30. The van der Waals surface area contributed by atoms with Gasteiger partial charge in [-0.25, -0.2) is 0 Å². The van der Waals surface area contributed by atoms with E-state index < -0.39 is 30.0 Å². The largest absolute Gasteiger partial charge is 0.481 e. The Morgan fingerprint density at radius 2 is 1.84 bits per heavy atom. The van der Waals surface area contributed by atoms with Gasteiger partial charge in [-0.05, 0) is 38.0 Å². The number of fused-ring (bicyclic) bond motifs is 1. The average Bonchev–Trinajstić information content (AvgIpc) is 2.35. The third-order valence-corrected chi connectivity index (χ3v) is 4.17. The summed E-state index contributed by atoms with van der Waals surface area (Å²) in [6, 6.07) is -0.446. The number of carbonyl (C=O) groups excluding carboxylic acids is 1. The quantitative estimate of drug-likeness (QED) is 0.799. The molecule has 1 aliphatic carbocycles. The number of carboxylic acid groups (broad SMARTS) is 1. The van der Waals surface area contributed by atoms with Gasteiger partial charge in [0, 0.05) is 12.6 Å². The lowest BCUT2D eigenvalue weighted by Gasteiger charge is -2.45. The van der Waals surface area contributed by atoms with E-state index in [2.05, 4.69) is 0 Å². The highest BCUT2D eigenvalue weighted by Crippen LogP contribution is 2.39. The molecule has 3 atom stereocenters. The van der Waals surface area contributed by atoms with E-state index in [4.69, 9.17) is 5.11 Å². The molecule has 0 radical (unpaired) electrons. The maximum Gasteiger partial charge on any atom is 0.471 e. The zero-order valence-electron chi connectivity index (χ0n) is 10.3. The molecule has 1 aliphatic heterocycles. The summed E-state index contributed by atoms with van der Waals surface area (Å²) in [5.74, 6) is -3.27. The molecular formula is C12H16F3NO3. The van der Waals surface area contributed by atoms with Crippen molar-refractivity contribution in [3.63, 3.8) is 0 Å². The normalized spacial score (nSPS) is 31.7. The Bertz CT molecular complexity index is 383. The van der Waals surface area contributed by atoms with Crippen molar-refractivity contribution in [3.8, 4) is 0 Å². The van der Waals surface area contributed by atoms with Crippen LogP contribution in [-0.4, -0.2) is 40.6 Å². The molecule has 2 fully saturated rings. The van der Waals surface area contributed by atoms with Gasteiger partial charge in [-0.2, -0.15) is 13.2 Å². The molecule has 0 aromatic rings. The molecule has 19 heavy (non-hydrogen) atoms. The van der Waals surface area contributed by atoms with Crippen LogP contribution in [-0.2, 0) is 9.59 Å². The van der Waals surface area contributed by atoms with Crippen LogP contribution in [0.2, 0.25) is 0 Å². The summed E-state index contributed by atoms with van der Waals surface area (Å²) < 4.78 is 37.5. The minimum atomic E-state index is -4.84. The minimum Gasteiger partial charge on any atom is -0.481 e. The molecular weight excluding hydrogens is 263 g/mol. The Kier molecular flexibility index (Phi) is 3.73. The first-order valence-electron chi connectivity index (χ1n) is 6.41. The summed E-state index contributed by atoms with van der Waals surface area (Å²) in [7, 11) is 0. The molecule has 1 saturated heterocycles. The third kappa shape index (κ3) is 2.84. The summed E-state index contributed by atoms with van der Waals surface area (Å²) in [6.07, 6.45) is -2.56. The van der Waals surface area contributed by atoms with E-state index in [0.29, 0.717) is 32.1 Å². The Hall–Kier alpha value is -1.27. The van der Waals surface area contributed by atoms with Crippen LogP contribution in [0.1, 0.15) is 32.1 Å². The van der Waals surface area contributed by atoms with Crippen molar-refractivity contribution in [1.29, 1.82) is 0 Å². The van der Waals surface area contributed by atoms with Crippen LogP contribution < -0.4 is 0 Å². The molecule has 1 N–H and O–H groups in total. The highest BCUT2D eigenvalue weighted by Gasteiger charge is 2.48. The van der Waals surface area contributed by atoms with Gasteiger partial charge in [0.15, 0.2) is 0 Å². The van der Waals surface area contributed by atoms with Gasteiger partial charge in [0.05, 0.1) is 5.92 Å². The first kappa shape index (κ1) is 14.1. The molecule has 3 unspecified atom stereocenters. The summed E-state index contributed by atoms with van der Waals surface area (Å²) in [5, 5.41) is 8.97. The number of halogens is 3. The molecule has 1 heterocycles. The second-order valence-corrected chi connectivity index (χ2v) is 5.31. The number of carboxylic acids is 1. The number of nitrogens with zero attached hydrogens (tertiary/aromatic N) is 1. The van der Waals surface area contributed by atoms with Gasteiger partial charge in [-0.3, -0.25) is 9.59 Å². The van der Waals surface area contributed by atoms with Gasteiger partial charge in [0.2, 0.25) is 0 Å². The topological polar surface area (TPSA) is 57.6 Å². The predicted octanol–water partition coefficient (Wildman–Crippen LogP) is 2.04. The molecule has 1 saturated carbocycles. The van der Waals surface area contributed by atoms with E-state index in [9.17, 15) is 22.8 Å². The SMILES string of the molecule is O=C(O)C1CCC2C(CCCN2C(=O)C(F)(F)F)C1. The maximum atomic E-state index is 12.5.